The fourth-order valence-corrected chi connectivity index (χ4v) is 0. The molecule has 0 aromatic rings. The number of hydrogen-bond acceptors (Lipinski definition) is 3. The molecule has 7 nitrogen and oxygen atoms in total. The van der Waals surface area contributed by atoms with Gasteiger partial charge in [0.25, 0.3) is 0 Å². The molecule has 0 rings (SSSR count). The third-order valence-electron chi connectivity index (χ3n) is 0. The fourth-order valence-electron chi connectivity index (χ4n) is 0. The van der Waals surface area contributed by atoms with E-state index in [-0.39, 0.29) is 56.9 Å². The minimum Gasteiger partial charge on any atom is -1.00 e. The van der Waals surface area contributed by atoms with E-state index >= 15 is 0 Å². The van der Waals surface area contributed by atoms with Crippen molar-refractivity contribution < 1.29 is 64.9 Å². The van der Waals surface area contributed by atoms with E-state index in [2.05, 4.69) is 0 Å². The maximum atomic E-state index is 8.82. The minimum atomic E-state index is -5.25. The molecular formula is CH7MgNaO7Se. The van der Waals surface area contributed by atoms with Gasteiger partial charge in [-0.2, -0.15) is 0 Å². The van der Waals surface area contributed by atoms with Gasteiger partial charge < -0.3 is 14.5 Å². The van der Waals surface area contributed by atoms with Crippen LogP contribution in [0.4, 0.5) is 4.79 Å². The quantitative estimate of drug-likeness (QED) is 0.321. The first-order valence-corrected chi connectivity index (χ1v) is 4.28. The molecule has 0 heterocycles. The summed E-state index contributed by atoms with van der Waals surface area (Å²) in [5, 5.41) is 13.9. The van der Waals surface area contributed by atoms with Crippen LogP contribution in [-0.2, 0) is 7.67 Å². The Kier molecular flexibility index (Phi) is 22.9. The Labute approximate surface area is 107 Å². The Hall–Kier alpha value is 1.08. The Morgan fingerprint density at radius 1 is 1.18 bits per heavy atom. The Bertz CT molecular complexity index is 171. The van der Waals surface area contributed by atoms with Gasteiger partial charge in [0.2, 0.25) is 0 Å². The van der Waals surface area contributed by atoms with Gasteiger partial charge in [-0.25, -0.2) is 4.79 Å². The van der Waals surface area contributed by atoms with Crippen molar-refractivity contribution in [3.8, 4) is 0 Å². The second kappa shape index (κ2) is 11.1. The number of hydrogen-bond donors (Lipinski definition) is 4. The molecule has 10 heteroatoms. The molecule has 0 aromatic carbocycles. The number of rotatable bonds is 0. The molecule has 0 unspecified atom stereocenters. The van der Waals surface area contributed by atoms with Gasteiger partial charge in [0.15, 0.2) is 0 Å². The molecule has 0 radical (unpaired) electrons. The van der Waals surface area contributed by atoms with E-state index in [9.17, 15) is 0 Å². The van der Waals surface area contributed by atoms with Gasteiger partial charge in [-0.05, 0) is 0 Å². The summed E-state index contributed by atoms with van der Waals surface area (Å²) in [4.78, 5) is 8.56. The predicted octanol–water partition coefficient (Wildman–Crippen LogP) is -4.55. The molecule has 0 aliphatic rings. The zero-order valence-electron chi connectivity index (χ0n) is 8.63. The molecule has 0 saturated heterocycles. The van der Waals surface area contributed by atoms with Crippen molar-refractivity contribution in [3.63, 3.8) is 0 Å². The SMILES string of the molecule is O=C(O)O.O=[Se](=O)(O)O.[H-].[H-].[H-].[Mg+2].[Na+]. The van der Waals surface area contributed by atoms with E-state index in [1.807, 2.05) is 0 Å². The molecule has 4 N–H and O–H groups in total. The smallest absolute Gasteiger partial charge is 1.00 e. The van der Waals surface area contributed by atoms with Gasteiger partial charge in [-0.15, -0.1) is 0 Å². The molecule has 62 valence electrons. The average Bonchev–Trinajstić information content (AvgIpc) is 1.19. The van der Waals surface area contributed by atoms with Crippen LogP contribution in [0.5, 0.6) is 0 Å². The van der Waals surface area contributed by atoms with Crippen LogP contribution in [0.3, 0.4) is 0 Å². The normalized spacial score (nSPS) is 7.45. The zero-order valence-corrected chi connectivity index (χ0v) is 10.8. The maximum Gasteiger partial charge on any atom is 2.00 e. The van der Waals surface area contributed by atoms with Crippen molar-refractivity contribution >= 4 is 42.6 Å². The van der Waals surface area contributed by atoms with Gasteiger partial charge in [-0.3, -0.25) is 0 Å². The number of carboxylic acid groups (broad SMARTS) is 2. The van der Waals surface area contributed by atoms with Crippen LogP contribution >= 0.6 is 0 Å². The number of carbonyl (C=O) groups is 1. The molecule has 0 bridgehead atoms. The summed E-state index contributed by atoms with van der Waals surface area (Å²) in [6.07, 6.45) is -1.83. The Balaban J connectivity index is -0.0000000104. The molecule has 0 saturated carbocycles. The second-order valence-corrected chi connectivity index (χ2v) is 2.61. The van der Waals surface area contributed by atoms with E-state index < -0.39 is 19.5 Å². The van der Waals surface area contributed by atoms with Crippen LogP contribution in [0.1, 0.15) is 4.28 Å². The first-order chi connectivity index (χ1) is 3.73. The summed E-state index contributed by atoms with van der Waals surface area (Å²) >= 11 is -5.25. The Morgan fingerprint density at radius 3 is 1.18 bits per heavy atom. The van der Waals surface area contributed by atoms with E-state index in [1.165, 1.54) is 0 Å². The molecule has 0 aliphatic carbocycles. The van der Waals surface area contributed by atoms with Gasteiger partial charge in [-0.1, -0.05) is 0 Å². The molecule has 0 fully saturated rings. The fraction of sp³-hybridized carbons (Fsp3) is 0. The van der Waals surface area contributed by atoms with Crippen molar-refractivity contribution in [1.29, 1.82) is 0 Å². The summed E-state index contributed by atoms with van der Waals surface area (Å²) in [5.74, 6) is 0. The van der Waals surface area contributed by atoms with Crippen molar-refractivity contribution in [2.75, 3.05) is 0 Å². The van der Waals surface area contributed by atoms with Gasteiger partial charge in [0.1, 0.15) is 0 Å². The predicted molar refractivity (Wildman–Crippen MR) is 31.3 cm³/mol. The zero-order chi connectivity index (χ0) is 8.08. The van der Waals surface area contributed by atoms with Gasteiger partial charge in [0.05, 0.1) is 0 Å². The summed E-state index contributed by atoms with van der Waals surface area (Å²) < 4.78 is 31.9. The molecular weight excluding hydrogens is 250 g/mol. The maximum absolute atomic E-state index is 8.82. The third kappa shape index (κ3) is 788. The van der Waals surface area contributed by atoms with Crippen LogP contribution in [-0.4, -0.2) is 61.2 Å². The van der Waals surface area contributed by atoms with Crippen LogP contribution in [0, 0.1) is 0 Å². The van der Waals surface area contributed by atoms with Crippen molar-refractivity contribution in [3.05, 3.63) is 0 Å². The monoisotopic (exact) mass is 258 g/mol. The summed E-state index contributed by atoms with van der Waals surface area (Å²) in [6.45, 7) is 0. The molecule has 0 spiro atoms. The standard InChI is InChI=1S/CH2O3.Mg.Na.H2O4Se.3H/c2-1(3)4;;;1-5(2,3)4;;;/h(H2,2,3,4);;;(H2,1,2,3,4);;;/q;+2;+1;;3*-1. The average molecular weight is 257 g/mol. The first-order valence-electron chi connectivity index (χ1n) is 1.35. The van der Waals surface area contributed by atoms with Crippen molar-refractivity contribution in [2.45, 2.75) is 0 Å². The molecule has 0 atom stereocenters. The van der Waals surface area contributed by atoms with Crippen LogP contribution in [0.15, 0.2) is 0 Å². The summed E-state index contributed by atoms with van der Waals surface area (Å²) in [5.41, 5.74) is 0. The van der Waals surface area contributed by atoms with E-state index in [0.29, 0.717) is 0 Å². The minimum absolute atomic E-state index is 0. The van der Waals surface area contributed by atoms with Crippen LogP contribution in [0.25, 0.3) is 0 Å². The van der Waals surface area contributed by atoms with Crippen LogP contribution < -0.4 is 29.6 Å². The second-order valence-electron chi connectivity index (χ2n) is 0.730. The summed E-state index contributed by atoms with van der Waals surface area (Å²) in [6, 6.07) is 0. The molecule has 0 amide bonds. The van der Waals surface area contributed by atoms with E-state index in [1.54, 1.807) is 0 Å². The van der Waals surface area contributed by atoms with Gasteiger partial charge >= 0.3 is 88.2 Å². The molecule has 11 heavy (non-hydrogen) atoms. The van der Waals surface area contributed by atoms with E-state index in [4.69, 9.17) is 31.1 Å². The van der Waals surface area contributed by atoms with Crippen LogP contribution in [0.2, 0.25) is 0 Å². The Morgan fingerprint density at radius 2 is 1.18 bits per heavy atom. The molecule has 0 aliphatic heterocycles. The third-order valence-corrected chi connectivity index (χ3v) is 0. The summed E-state index contributed by atoms with van der Waals surface area (Å²) in [7, 11) is 0. The first kappa shape index (κ1) is 22.7. The largest absolute Gasteiger partial charge is 2.00 e. The van der Waals surface area contributed by atoms with Crippen molar-refractivity contribution in [1.82, 2.24) is 0 Å². The molecule has 0 aromatic heterocycles. The van der Waals surface area contributed by atoms with Gasteiger partial charge in [0, 0.05) is 0 Å². The van der Waals surface area contributed by atoms with Crippen molar-refractivity contribution in [2.24, 2.45) is 0 Å². The van der Waals surface area contributed by atoms with E-state index in [0.717, 1.165) is 0 Å². The topological polar surface area (TPSA) is 132 Å².